The quantitative estimate of drug-likeness (QED) is 0.835. The second kappa shape index (κ2) is 6.00. The van der Waals surface area contributed by atoms with Crippen molar-refractivity contribution in [3.63, 3.8) is 0 Å². The van der Waals surface area contributed by atoms with Crippen molar-refractivity contribution in [3.8, 4) is 0 Å². The monoisotopic (exact) mass is 390 g/mol. The van der Waals surface area contributed by atoms with Crippen LogP contribution in [0.1, 0.15) is 10.4 Å². The molecule has 0 atom stereocenters. The third-order valence-corrected chi connectivity index (χ3v) is 4.52. The lowest BCUT2D eigenvalue weighted by molar-refractivity contribution is 0.0696. The van der Waals surface area contributed by atoms with Crippen LogP contribution in [-0.4, -0.2) is 24.5 Å². The third kappa shape index (κ3) is 3.72. The van der Waals surface area contributed by atoms with Crippen molar-refractivity contribution in [1.29, 1.82) is 0 Å². The number of carbonyl (C=O) groups is 1. The number of hydrogen-bond donors (Lipinski definition) is 2. The molecule has 0 saturated heterocycles. The van der Waals surface area contributed by atoms with E-state index >= 15 is 0 Å². The molecule has 0 unspecified atom stereocenters. The van der Waals surface area contributed by atoms with E-state index < -0.39 is 16.0 Å². The average molecular weight is 392 g/mol. The van der Waals surface area contributed by atoms with Gasteiger partial charge in [-0.05, 0) is 30.3 Å². The summed E-state index contributed by atoms with van der Waals surface area (Å²) in [6, 6.07) is 6.94. The lowest BCUT2D eigenvalue weighted by Gasteiger charge is -2.09. The van der Waals surface area contributed by atoms with Crippen LogP contribution in [0.25, 0.3) is 0 Å². The maximum absolute atomic E-state index is 12.1. The number of halogens is 2. The molecule has 0 saturated carbocycles. The second-order valence-corrected chi connectivity index (χ2v) is 6.87. The summed E-state index contributed by atoms with van der Waals surface area (Å²) in [7, 11) is -3.94. The van der Waals surface area contributed by atoms with Crippen LogP contribution in [-0.2, 0) is 10.0 Å². The molecule has 2 aromatic rings. The molecule has 6 nitrogen and oxygen atoms in total. The van der Waals surface area contributed by atoms with Crippen molar-refractivity contribution < 1.29 is 18.3 Å². The number of sulfonamides is 1. The van der Waals surface area contributed by atoms with Crippen molar-refractivity contribution >= 4 is 49.2 Å². The first-order chi connectivity index (χ1) is 9.79. The predicted octanol–water partition coefficient (Wildman–Crippen LogP) is 3.00. The molecule has 0 amide bonds. The Morgan fingerprint density at radius 2 is 2.00 bits per heavy atom. The largest absolute Gasteiger partial charge is 0.478 e. The summed E-state index contributed by atoms with van der Waals surface area (Å²) in [5.74, 6) is -1.18. The van der Waals surface area contributed by atoms with Gasteiger partial charge in [-0.2, -0.15) is 8.42 Å². The third-order valence-electron chi connectivity index (χ3n) is 2.43. The molecule has 21 heavy (non-hydrogen) atoms. The Hall–Kier alpha value is -1.64. The van der Waals surface area contributed by atoms with Gasteiger partial charge in [0.05, 0.1) is 16.3 Å². The molecule has 110 valence electrons. The van der Waals surface area contributed by atoms with E-state index in [0.29, 0.717) is 4.47 Å². The Bertz CT molecular complexity index is 793. The van der Waals surface area contributed by atoms with Crippen LogP contribution in [0.3, 0.4) is 0 Å². The molecule has 1 aromatic heterocycles. The van der Waals surface area contributed by atoms with E-state index in [4.69, 9.17) is 16.7 Å². The fourth-order valence-electron chi connectivity index (χ4n) is 1.44. The Balaban J connectivity index is 2.31. The fourth-order valence-corrected chi connectivity index (χ4v) is 3.22. The zero-order chi connectivity index (χ0) is 15.6. The van der Waals surface area contributed by atoms with E-state index in [1.54, 1.807) is 12.1 Å². The minimum absolute atomic E-state index is 0.101. The van der Waals surface area contributed by atoms with Gasteiger partial charge in [0.1, 0.15) is 0 Å². The number of rotatable bonds is 4. The number of anilines is 1. The van der Waals surface area contributed by atoms with Crippen LogP contribution in [0.4, 0.5) is 5.69 Å². The molecule has 2 N–H and O–H groups in total. The van der Waals surface area contributed by atoms with Gasteiger partial charge in [0.2, 0.25) is 0 Å². The molecule has 0 aliphatic heterocycles. The minimum atomic E-state index is -3.94. The van der Waals surface area contributed by atoms with Gasteiger partial charge in [-0.3, -0.25) is 4.72 Å². The standard InChI is InChI=1S/C12H8BrClN2O4S/c13-8-2-3-10(9(14)5-8)16-21(19,20)11-4-1-7(6-15-11)12(17)18/h1-6,16H,(H,17,18). The van der Waals surface area contributed by atoms with Crippen LogP contribution < -0.4 is 4.72 Å². The smallest absolute Gasteiger partial charge is 0.337 e. The van der Waals surface area contributed by atoms with Gasteiger partial charge < -0.3 is 5.11 Å². The molecule has 0 radical (unpaired) electrons. The number of carboxylic acids is 1. The molecule has 1 aromatic carbocycles. The number of aromatic carboxylic acids is 1. The van der Waals surface area contributed by atoms with Gasteiger partial charge in [0.15, 0.2) is 5.03 Å². The molecule has 1 heterocycles. The highest BCUT2D eigenvalue weighted by molar-refractivity contribution is 9.10. The molecule has 0 fully saturated rings. The van der Waals surface area contributed by atoms with E-state index in [1.165, 1.54) is 6.07 Å². The number of aromatic nitrogens is 1. The first-order valence-corrected chi connectivity index (χ1v) is 8.12. The van der Waals surface area contributed by atoms with Gasteiger partial charge >= 0.3 is 5.97 Å². The number of nitrogens with zero attached hydrogens (tertiary/aromatic N) is 1. The van der Waals surface area contributed by atoms with E-state index in [9.17, 15) is 13.2 Å². The first-order valence-electron chi connectivity index (χ1n) is 5.47. The lowest BCUT2D eigenvalue weighted by atomic mass is 10.3. The molecular formula is C12H8BrClN2O4S. The highest BCUT2D eigenvalue weighted by Crippen LogP contribution is 2.27. The molecule has 0 aliphatic carbocycles. The van der Waals surface area contributed by atoms with Gasteiger partial charge in [-0.25, -0.2) is 9.78 Å². The highest BCUT2D eigenvalue weighted by Gasteiger charge is 2.18. The minimum Gasteiger partial charge on any atom is -0.478 e. The summed E-state index contributed by atoms with van der Waals surface area (Å²) in [5, 5.41) is 8.67. The van der Waals surface area contributed by atoms with Crippen molar-refractivity contribution in [2.75, 3.05) is 4.72 Å². The maximum Gasteiger partial charge on any atom is 0.337 e. The SMILES string of the molecule is O=C(O)c1ccc(S(=O)(=O)Nc2ccc(Br)cc2Cl)nc1. The Morgan fingerprint density at radius 3 is 2.52 bits per heavy atom. The number of hydrogen-bond acceptors (Lipinski definition) is 4. The van der Waals surface area contributed by atoms with E-state index in [2.05, 4.69) is 25.6 Å². The van der Waals surface area contributed by atoms with Crippen LogP contribution >= 0.6 is 27.5 Å². The summed E-state index contributed by atoms with van der Waals surface area (Å²) < 4.78 is 27.3. The highest BCUT2D eigenvalue weighted by atomic mass is 79.9. The molecule has 0 spiro atoms. The van der Waals surface area contributed by atoms with Crippen molar-refractivity contribution in [2.24, 2.45) is 0 Å². The molecule has 2 rings (SSSR count). The topological polar surface area (TPSA) is 96.4 Å². The number of nitrogens with one attached hydrogen (secondary N) is 1. The zero-order valence-electron chi connectivity index (χ0n) is 10.2. The number of carboxylic acid groups (broad SMARTS) is 1. The summed E-state index contributed by atoms with van der Waals surface area (Å²) >= 11 is 9.15. The van der Waals surface area contributed by atoms with Crippen LogP contribution in [0, 0.1) is 0 Å². The number of benzene rings is 1. The normalized spacial score (nSPS) is 11.1. The van der Waals surface area contributed by atoms with Gasteiger partial charge in [0.25, 0.3) is 10.0 Å². The fraction of sp³-hybridized carbons (Fsp3) is 0. The maximum atomic E-state index is 12.1. The Labute approximate surface area is 134 Å². The van der Waals surface area contributed by atoms with Crippen molar-refractivity contribution in [1.82, 2.24) is 4.98 Å². The number of pyridine rings is 1. The first kappa shape index (κ1) is 15.7. The van der Waals surface area contributed by atoms with Gasteiger partial charge in [0, 0.05) is 10.7 Å². The van der Waals surface area contributed by atoms with E-state index in [-0.39, 0.29) is 21.3 Å². The molecular weight excluding hydrogens is 384 g/mol. The van der Waals surface area contributed by atoms with Gasteiger partial charge in [-0.15, -0.1) is 0 Å². The van der Waals surface area contributed by atoms with Crippen molar-refractivity contribution in [3.05, 3.63) is 51.6 Å². The lowest BCUT2D eigenvalue weighted by Crippen LogP contribution is -2.15. The Morgan fingerprint density at radius 1 is 1.29 bits per heavy atom. The average Bonchev–Trinajstić information content (AvgIpc) is 2.42. The molecule has 9 heteroatoms. The van der Waals surface area contributed by atoms with Crippen LogP contribution in [0.15, 0.2) is 46.0 Å². The molecule has 0 bridgehead atoms. The van der Waals surface area contributed by atoms with Crippen LogP contribution in [0.2, 0.25) is 5.02 Å². The van der Waals surface area contributed by atoms with Crippen LogP contribution in [0.5, 0.6) is 0 Å². The summed E-state index contributed by atoms with van der Waals surface area (Å²) in [6.45, 7) is 0. The molecule has 0 aliphatic rings. The summed E-state index contributed by atoms with van der Waals surface area (Å²) in [6.07, 6.45) is 0.972. The second-order valence-electron chi connectivity index (χ2n) is 3.92. The van der Waals surface area contributed by atoms with E-state index in [0.717, 1.165) is 18.3 Å². The van der Waals surface area contributed by atoms with E-state index in [1.807, 2.05) is 0 Å². The van der Waals surface area contributed by atoms with Gasteiger partial charge in [-0.1, -0.05) is 27.5 Å². The Kier molecular flexibility index (Phi) is 4.50. The summed E-state index contributed by atoms with van der Waals surface area (Å²) in [5.41, 5.74) is 0.0969. The predicted molar refractivity (Wildman–Crippen MR) is 81.2 cm³/mol. The van der Waals surface area contributed by atoms with Crippen molar-refractivity contribution in [2.45, 2.75) is 5.03 Å². The summed E-state index contributed by atoms with van der Waals surface area (Å²) in [4.78, 5) is 14.3. The zero-order valence-corrected chi connectivity index (χ0v) is 13.4.